The second kappa shape index (κ2) is 9.93. The summed E-state index contributed by atoms with van der Waals surface area (Å²) in [6.07, 6.45) is 2.44. The average Bonchev–Trinajstić information content (AvgIpc) is 2.78. The summed E-state index contributed by atoms with van der Waals surface area (Å²) >= 11 is 0. The summed E-state index contributed by atoms with van der Waals surface area (Å²) in [6, 6.07) is 15.3. The number of nitrogens with zero attached hydrogens (tertiary/aromatic N) is 2. The Hall–Kier alpha value is -2.61. The van der Waals surface area contributed by atoms with Crippen molar-refractivity contribution in [2.24, 2.45) is 5.73 Å². The van der Waals surface area contributed by atoms with Crippen molar-refractivity contribution in [3.63, 3.8) is 0 Å². The Kier molecular flexibility index (Phi) is 7.31. The van der Waals surface area contributed by atoms with E-state index < -0.39 is 16.9 Å². The number of nitrogen functional groups attached to an aromatic ring is 1. The van der Waals surface area contributed by atoms with Crippen LogP contribution < -0.4 is 11.5 Å². The Morgan fingerprint density at radius 3 is 2.30 bits per heavy atom. The number of rotatable bonds is 8. The van der Waals surface area contributed by atoms with Gasteiger partial charge in [0.1, 0.15) is 5.82 Å². The predicted molar refractivity (Wildman–Crippen MR) is 121 cm³/mol. The Bertz CT molecular complexity index is 1000. The van der Waals surface area contributed by atoms with Crippen LogP contribution in [0.4, 0.5) is 5.82 Å². The minimum atomic E-state index is -1.02. The molecule has 0 bridgehead atoms. The van der Waals surface area contributed by atoms with E-state index in [2.05, 4.69) is 4.98 Å². The number of hydrogen-bond donors (Lipinski definition) is 3. The number of nitrogens with two attached hydrogens (primary N) is 2. The van der Waals surface area contributed by atoms with Crippen LogP contribution in [0, 0.1) is 0 Å². The molecule has 7 heteroatoms. The molecule has 1 heterocycles. The molecule has 0 spiro atoms. The molecule has 1 aromatic heterocycles. The van der Waals surface area contributed by atoms with Gasteiger partial charge in [0.2, 0.25) is 0 Å². The van der Waals surface area contributed by atoms with Crippen molar-refractivity contribution in [1.82, 2.24) is 9.97 Å². The second-order valence-corrected chi connectivity index (χ2v) is 9.46. The number of benzene rings is 2. The Morgan fingerprint density at radius 2 is 1.70 bits per heavy atom. The van der Waals surface area contributed by atoms with Crippen LogP contribution in [-0.2, 0) is 23.6 Å². The number of anilines is 1. The van der Waals surface area contributed by atoms with Crippen molar-refractivity contribution in [3.8, 4) is 11.3 Å². The minimum absolute atomic E-state index is 0.0754. The van der Waals surface area contributed by atoms with Crippen LogP contribution in [0.1, 0.15) is 36.8 Å². The molecule has 158 valence electrons. The van der Waals surface area contributed by atoms with E-state index in [1.165, 1.54) is 0 Å². The first kappa shape index (κ1) is 22.1. The number of aromatic nitrogens is 2. The third kappa shape index (κ3) is 5.30. The zero-order chi connectivity index (χ0) is 21.7. The molecule has 30 heavy (non-hydrogen) atoms. The molecule has 2 aromatic carbocycles. The first-order valence-electron chi connectivity index (χ1n) is 9.98. The third-order valence-corrected chi connectivity index (χ3v) is 6.52. The van der Waals surface area contributed by atoms with Crippen LogP contribution in [0.25, 0.3) is 11.3 Å². The Balaban J connectivity index is 1.73. The van der Waals surface area contributed by atoms with Crippen LogP contribution in [0.15, 0.2) is 59.6 Å². The third-order valence-electron chi connectivity index (χ3n) is 4.93. The van der Waals surface area contributed by atoms with Gasteiger partial charge >= 0.3 is 0 Å². The Labute approximate surface area is 179 Å². The summed E-state index contributed by atoms with van der Waals surface area (Å²) in [7, 11) is -1.02. The molecule has 2 unspecified atom stereocenters. The normalized spacial score (nSPS) is 13.4. The minimum Gasteiger partial charge on any atom is -0.387 e. The van der Waals surface area contributed by atoms with Crippen molar-refractivity contribution in [2.45, 2.75) is 42.9 Å². The lowest BCUT2D eigenvalue weighted by Crippen LogP contribution is -2.11. The van der Waals surface area contributed by atoms with Gasteiger partial charge in [-0.05, 0) is 36.1 Å². The monoisotopic (exact) mass is 424 g/mol. The average molecular weight is 425 g/mol. The maximum atomic E-state index is 12.2. The fourth-order valence-corrected chi connectivity index (χ4v) is 4.05. The van der Waals surface area contributed by atoms with Crippen molar-refractivity contribution >= 4 is 16.6 Å². The lowest BCUT2D eigenvalue weighted by Gasteiger charge is -2.10. The summed E-state index contributed by atoms with van der Waals surface area (Å²) in [5, 5.41) is 9.88. The molecule has 0 radical (unpaired) electrons. The summed E-state index contributed by atoms with van der Waals surface area (Å²) in [5.74, 6) is 0.423. The van der Waals surface area contributed by atoms with Gasteiger partial charge in [0.15, 0.2) is 0 Å². The van der Waals surface area contributed by atoms with Gasteiger partial charge in [-0.2, -0.15) is 0 Å². The highest BCUT2D eigenvalue weighted by Gasteiger charge is 2.11. The lowest BCUT2D eigenvalue weighted by molar-refractivity contribution is 0.186. The van der Waals surface area contributed by atoms with Crippen molar-refractivity contribution in [1.29, 1.82) is 0 Å². The zero-order valence-corrected chi connectivity index (χ0v) is 18.1. The fourth-order valence-electron chi connectivity index (χ4n) is 3.10. The van der Waals surface area contributed by atoms with Crippen LogP contribution >= 0.6 is 0 Å². The molecule has 5 N–H and O–H groups in total. The van der Waals surface area contributed by atoms with E-state index in [4.69, 9.17) is 16.5 Å². The molecular formula is C23H28N4O2S. The summed E-state index contributed by atoms with van der Waals surface area (Å²) < 4.78 is 12.2. The van der Waals surface area contributed by atoms with E-state index in [-0.39, 0.29) is 11.8 Å². The molecule has 2 atom stereocenters. The fraction of sp³-hybridized carbons (Fsp3) is 0.304. The van der Waals surface area contributed by atoms with Crippen LogP contribution in [0.2, 0.25) is 0 Å². The molecule has 6 nitrogen and oxygen atoms in total. The molecule has 0 saturated heterocycles. The standard InChI is InChI=1S/C23H28N4O2S/c1-15(2)30(29)19-10-8-17(9-11-19)21-14-26-23(25)20(27-21)12-5-16-3-6-18(7-4-16)22(28)13-24/h3-4,6-11,14-15,22,28H,5,12-13,24H2,1-2H3,(H2,25,26). The SMILES string of the molecule is CC(C)S(=O)c1ccc(-c2cnc(N)c(CCc3ccc(C(O)CN)cc3)n2)cc1. The predicted octanol–water partition coefficient (Wildman–Crippen LogP) is 3.02. The maximum Gasteiger partial charge on any atom is 0.145 e. The van der Waals surface area contributed by atoms with Gasteiger partial charge in [-0.25, -0.2) is 9.97 Å². The Morgan fingerprint density at radius 1 is 1.03 bits per heavy atom. The number of aliphatic hydroxyl groups excluding tert-OH is 1. The van der Waals surface area contributed by atoms with Crippen molar-refractivity contribution in [3.05, 3.63) is 71.5 Å². The largest absolute Gasteiger partial charge is 0.387 e. The van der Waals surface area contributed by atoms with Crippen LogP contribution in [0.3, 0.4) is 0 Å². The van der Waals surface area contributed by atoms with Gasteiger partial charge in [-0.1, -0.05) is 50.2 Å². The number of aliphatic hydroxyl groups is 1. The van der Waals surface area contributed by atoms with Gasteiger partial charge < -0.3 is 16.6 Å². The summed E-state index contributed by atoms with van der Waals surface area (Å²) in [5.41, 5.74) is 15.9. The highest BCUT2D eigenvalue weighted by atomic mass is 32.2. The molecule has 0 aliphatic rings. The molecule has 0 saturated carbocycles. The summed E-state index contributed by atoms with van der Waals surface area (Å²) in [4.78, 5) is 9.82. The second-order valence-electron chi connectivity index (χ2n) is 7.45. The first-order valence-corrected chi connectivity index (χ1v) is 11.2. The topological polar surface area (TPSA) is 115 Å². The van der Waals surface area contributed by atoms with Crippen LogP contribution in [-0.4, -0.2) is 31.1 Å². The van der Waals surface area contributed by atoms with Gasteiger partial charge in [0, 0.05) is 22.3 Å². The molecule has 0 fully saturated rings. The van der Waals surface area contributed by atoms with E-state index >= 15 is 0 Å². The van der Waals surface area contributed by atoms with E-state index in [9.17, 15) is 9.32 Å². The van der Waals surface area contributed by atoms with Gasteiger partial charge in [0.25, 0.3) is 0 Å². The molecule has 3 aromatic rings. The highest BCUT2D eigenvalue weighted by molar-refractivity contribution is 7.85. The number of hydrogen-bond acceptors (Lipinski definition) is 6. The van der Waals surface area contributed by atoms with E-state index in [0.29, 0.717) is 12.2 Å². The number of aryl methyl sites for hydroxylation is 2. The van der Waals surface area contributed by atoms with E-state index in [1.807, 2.05) is 62.4 Å². The van der Waals surface area contributed by atoms with E-state index in [0.717, 1.165) is 39.4 Å². The maximum absolute atomic E-state index is 12.2. The molecule has 0 aliphatic heterocycles. The quantitative estimate of drug-likeness (QED) is 0.512. The molecule has 0 aliphatic carbocycles. The molecule has 0 amide bonds. The van der Waals surface area contributed by atoms with Crippen molar-refractivity contribution < 1.29 is 9.32 Å². The summed E-state index contributed by atoms with van der Waals surface area (Å²) in [6.45, 7) is 4.08. The van der Waals surface area contributed by atoms with Crippen molar-refractivity contribution in [2.75, 3.05) is 12.3 Å². The van der Waals surface area contributed by atoms with E-state index in [1.54, 1.807) is 6.20 Å². The van der Waals surface area contributed by atoms with Crippen LogP contribution in [0.5, 0.6) is 0 Å². The molecule has 3 rings (SSSR count). The first-order chi connectivity index (χ1) is 14.4. The highest BCUT2D eigenvalue weighted by Crippen LogP contribution is 2.22. The lowest BCUT2D eigenvalue weighted by atomic mass is 10.0. The van der Waals surface area contributed by atoms with Gasteiger partial charge in [0.05, 0.1) is 34.5 Å². The van der Waals surface area contributed by atoms with Gasteiger partial charge in [-0.15, -0.1) is 0 Å². The van der Waals surface area contributed by atoms with Gasteiger partial charge in [-0.3, -0.25) is 4.21 Å². The zero-order valence-electron chi connectivity index (χ0n) is 17.3. The molecular weight excluding hydrogens is 396 g/mol. The smallest absolute Gasteiger partial charge is 0.145 e.